The van der Waals surface area contributed by atoms with Crippen molar-refractivity contribution in [3.63, 3.8) is 0 Å². The number of nitrogens with zero attached hydrogens (tertiary/aromatic N) is 1. The molecule has 0 aromatic heterocycles. The molecular weight excluding hydrogens is 164 g/mol. The van der Waals surface area contributed by atoms with Gasteiger partial charge in [-0.1, -0.05) is 0 Å². The van der Waals surface area contributed by atoms with E-state index in [1.54, 1.807) is 0 Å². The molecule has 0 aliphatic carbocycles. The Kier molecular flexibility index (Phi) is 2.31. The average molecular weight is 180 g/mol. The van der Waals surface area contributed by atoms with Gasteiger partial charge in [0.2, 0.25) is 0 Å². The highest BCUT2D eigenvalue weighted by Gasteiger charge is 2.34. The third-order valence-electron chi connectivity index (χ3n) is 3.13. The minimum atomic E-state index is 0.417. The van der Waals surface area contributed by atoms with Gasteiger partial charge in [-0.3, -0.25) is 10.8 Å². The maximum absolute atomic E-state index is 7.72. The van der Waals surface area contributed by atoms with Crippen LogP contribution in [0.1, 0.15) is 19.3 Å². The van der Waals surface area contributed by atoms with Crippen molar-refractivity contribution in [2.45, 2.75) is 25.3 Å². The molecule has 0 aromatic rings. The number of fused-ring (bicyclic) bond motifs is 1. The minimum absolute atomic E-state index is 0.417. The number of hydrogen-bond acceptors (Lipinski definition) is 3. The smallest absolute Gasteiger partial charge is 0.101 e. The first-order valence-electron chi connectivity index (χ1n) is 4.90. The van der Waals surface area contributed by atoms with Crippen LogP contribution in [0.3, 0.4) is 0 Å². The molecule has 0 unspecified atom stereocenters. The maximum Gasteiger partial charge on any atom is 0.101 e. The molecule has 0 aromatic carbocycles. The third-order valence-corrected chi connectivity index (χ3v) is 3.13. The van der Waals surface area contributed by atoms with Crippen LogP contribution in [0.4, 0.5) is 0 Å². The lowest BCUT2D eigenvalue weighted by atomic mass is 9.84. The molecule has 2 aliphatic rings. The van der Waals surface area contributed by atoms with Gasteiger partial charge in [0.15, 0.2) is 0 Å². The molecule has 2 atom stereocenters. The van der Waals surface area contributed by atoms with E-state index in [0.717, 1.165) is 32.4 Å². The van der Waals surface area contributed by atoms with Crippen LogP contribution in [-0.4, -0.2) is 36.2 Å². The number of nitrogens with one attached hydrogen (secondary N) is 3. The Morgan fingerprint density at radius 1 is 1.46 bits per heavy atom. The van der Waals surface area contributed by atoms with E-state index in [2.05, 4.69) is 5.32 Å². The van der Waals surface area contributed by atoms with Crippen LogP contribution in [-0.2, 0) is 0 Å². The van der Waals surface area contributed by atoms with Crippen LogP contribution in [0.5, 0.6) is 0 Å². The molecule has 72 valence electrons. The minimum Gasteiger partial charge on any atom is -0.318 e. The van der Waals surface area contributed by atoms with Gasteiger partial charge in [0.25, 0.3) is 0 Å². The van der Waals surface area contributed by atoms with Gasteiger partial charge in [0.1, 0.15) is 5.84 Å². The monoisotopic (exact) mass is 180 g/mol. The summed E-state index contributed by atoms with van der Waals surface area (Å²) in [5.74, 6) is 1.27. The molecule has 0 amide bonds. The highest BCUT2D eigenvalue weighted by atomic mass is 15.2. The number of rotatable bonds is 1. The van der Waals surface area contributed by atoms with Crippen LogP contribution in [0.2, 0.25) is 0 Å². The fraction of sp³-hybridized carbons (Fsp3) is 0.778. The van der Waals surface area contributed by atoms with Crippen molar-refractivity contribution < 1.29 is 0 Å². The summed E-state index contributed by atoms with van der Waals surface area (Å²) in [6.07, 6.45) is 4.34. The van der Waals surface area contributed by atoms with Crippen molar-refractivity contribution >= 4 is 12.2 Å². The Labute approximate surface area is 78.3 Å². The summed E-state index contributed by atoms with van der Waals surface area (Å²) >= 11 is 0. The van der Waals surface area contributed by atoms with E-state index < -0.39 is 0 Å². The normalized spacial score (nSPS) is 34.2. The second kappa shape index (κ2) is 3.46. The molecule has 0 bridgehead atoms. The van der Waals surface area contributed by atoms with Crippen LogP contribution < -0.4 is 5.32 Å². The molecule has 2 aliphatic heterocycles. The Bertz CT molecular complexity index is 226. The van der Waals surface area contributed by atoms with Crippen molar-refractivity contribution in [1.82, 2.24) is 10.2 Å². The molecule has 0 saturated carbocycles. The number of likely N-dealkylation sites (tertiary alicyclic amines) is 1. The zero-order chi connectivity index (χ0) is 9.26. The number of piperidine rings is 2. The molecule has 0 spiro atoms. The van der Waals surface area contributed by atoms with E-state index in [4.69, 9.17) is 10.8 Å². The first kappa shape index (κ1) is 8.69. The fourth-order valence-electron chi connectivity index (χ4n) is 2.39. The Balaban J connectivity index is 2.13. The molecule has 13 heavy (non-hydrogen) atoms. The van der Waals surface area contributed by atoms with E-state index in [1.165, 1.54) is 6.34 Å². The van der Waals surface area contributed by atoms with Crippen LogP contribution in [0, 0.1) is 16.7 Å². The highest BCUT2D eigenvalue weighted by Crippen LogP contribution is 2.27. The molecule has 4 heteroatoms. The number of hydrogen-bond donors (Lipinski definition) is 3. The van der Waals surface area contributed by atoms with Crippen molar-refractivity contribution in [2.24, 2.45) is 5.92 Å². The molecule has 2 heterocycles. The molecule has 0 radical (unpaired) electrons. The fourth-order valence-corrected chi connectivity index (χ4v) is 2.39. The summed E-state index contributed by atoms with van der Waals surface area (Å²) in [6, 6.07) is 0.417. The number of amidine groups is 1. The SMILES string of the molecule is N=CN1C(=N)CC[C@@H]2CNCC[C@@H]21. The lowest BCUT2D eigenvalue weighted by Gasteiger charge is -2.43. The Morgan fingerprint density at radius 2 is 2.31 bits per heavy atom. The predicted octanol–water partition coefficient (Wildman–Crippen LogP) is 0.645. The van der Waals surface area contributed by atoms with Gasteiger partial charge < -0.3 is 10.2 Å². The van der Waals surface area contributed by atoms with E-state index in [9.17, 15) is 0 Å². The van der Waals surface area contributed by atoms with E-state index in [0.29, 0.717) is 17.8 Å². The largest absolute Gasteiger partial charge is 0.318 e. The Hall–Kier alpha value is -0.900. The van der Waals surface area contributed by atoms with Crippen LogP contribution >= 0.6 is 0 Å². The average Bonchev–Trinajstić information content (AvgIpc) is 2.18. The zero-order valence-corrected chi connectivity index (χ0v) is 7.71. The summed E-state index contributed by atoms with van der Waals surface area (Å²) in [5, 5.41) is 18.4. The van der Waals surface area contributed by atoms with Crippen molar-refractivity contribution in [2.75, 3.05) is 13.1 Å². The molecule has 2 saturated heterocycles. The van der Waals surface area contributed by atoms with Crippen LogP contribution in [0.15, 0.2) is 0 Å². The second-order valence-corrected chi connectivity index (χ2v) is 3.84. The van der Waals surface area contributed by atoms with Gasteiger partial charge >= 0.3 is 0 Å². The lowest BCUT2D eigenvalue weighted by Crippen LogP contribution is -2.54. The highest BCUT2D eigenvalue weighted by molar-refractivity contribution is 5.90. The third kappa shape index (κ3) is 1.46. The van der Waals surface area contributed by atoms with E-state index >= 15 is 0 Å². The quantitative estimate of drug-likeness (QED) is 0.409. The van der Waals surface area contributed by atoms with Gasteiger partial charge in [-0.05, 0) is 31.8 Å². The maximum atomic E-state index is 7.72. The van der Waals surface area contributed by atoms with Gasteiger partial charge in [-0.15, -0.1) is 0 Å². The van der Waals surface area contributed by atoms with Gasteiger partial charge in [0.05, 0.1) is 6.34 Å². The zero-order valence-electron chi connectivity index (χ0n) is 7.71. The van der Waals surface area contributed by atoms with Crippen molar-refractivity contribution in [1.29, 1.82) is 10.8 Å². The predicted molar refractivity (Wildman–Crippen MR) is 52.3 cm³/mol. The summed E-state index contributed by atoms with van der Waals surface area (Å²) in [4.78, 5) is 1.84. The molecule has 2 fully saturated rings. The molecular formula is C9H16N4. The summed E-state index contributed by atoms with van der Waals surface area (Å²) in [5.41, 5.74) is 0. The first-order valence-corrected chi connectivity index (χ1v) is 4.90. The lowest BCUT2D eigenvalue weighted by molar-refractivity contribution is 0.205. The van der Waals surface area contributed by atoms with Crippen molar-refractivity contribution in [3.8, 4) is 0 Å². The summed E-state index contributed by atoms with van der Waals surface area (Å²) in [7, 11) is 0. The summed E-state index contributed by atoms with van der Waals surface area (Å²) < 4.78 is 0. The van der Waals surface area contributed by atoms with Gasteiger partial charge in [-0.25, -0.2) is 0 Å². The van der Waals surface area contributed by atoms with Gasteiger partial charge in [-0.2, -0.15) is 0 Å². The first-order chi connectivity index (χ1) is 6.33. The summed E-state index contributed by atoms with van der Waals surface area (Å²) in [6.45, 7) is 2.08. The van der Waals surface area contributed by atoms with E-state index in [1.807, 2.05) is 4.90 Å². The molecule has 4 nitrogen and oxygen atoms in total. The second-order valence-electron chi connectivity index (χ2n) is 3.84. The molecule has 2 rings (SSSR count). The van der Waals surface area contributed by atoms with Crippen molar-refractivity contribution in [3.05, 3.63) is 0 Å². The van der Waals surface area contributed by atoms with Gasteiger partial charge in [0, 0.05) is 12.5 Å². The van der Waals surface area contributed by atoms with Crippen LogP contribution in [0.25, 0.3) is 0 Å². The Morgan fingerprint density at radius 3 is 3.08 bits per heavy atom. The van der Waals surface area contributed by atoms with E-state index in [-0.39, 0.29) is 0 Å². The topological polar surface area (TPSA) is 63.0 Å². The molecule has 3 N–H and O–H groups in total. The standard InChI is InChI=1S/C9H16N4/c10-6-13-8-3-4-12-5-7(8)1-2-9(13)11/h6-8,10-12H,1-5H2/t7-,8+/m1/s1.